The van der Waals surface area contributed by atoms with Crippen molar-refractivity contribution in [3.8, 4) is 11.1 Å². The first-order valence-corrected chi connectivity index (χ1v) is 11.7. The Labute approximate surface area is 175 Å². The molecule has 0 radical (unpaired) electrons. The lowest BCUT2D eigenvalue weighted by Crippen LogP contribution is -2.34. The van der Waals surface area contributed by atoms with Crippen LogP contribution in [0.15, 0.2) is 84.9 Å². The van der Waals surface area contributed by atoms with E-state index in [9.17, 15) is 0 Å². The van der Waals surface area contributed by atoms with E-state index in [2.05, 4.69) is 123 Å². The molecule has 1 N–H and O–H groups in total. The molecule has 4 aromatic rings. The Hall–Kier alpha value is -2.54. The zero-order valence-electron chi connectivity index (χ0n) is 17.6. The van der Waals surface area contributed by atoms with Crippen molar-refractivity contribution in [2.75, 3.05) is 9.99 Å². The molecule has 148 valence electrons. The van der Waals surface area contributed by atoms with Crippen molar-refractivity contribution in [1.82, 2.24) is 0 Å². The van der Waals surface area contributed by atoms with E-state index in [0.717, 1.165) is 5.69 Å². The van der Waals surface area contributed by atoms with Crippen LogP contribution in [0.4, 0.5) is 11.1 Å². The fourth-order valence-corrected chi connectivity index (χ4v) is 7.17. The first-order chi connectivity index (χ1) is 14.1. The summed E-state index contributed by atoms with van der Waals surface area (Å²) in [6, 6.07) is 31.2. The summed E-state index contributed by atoms with van der Waals surface area (Å²) >= 11 is 0. The van der Waals surface area contributed by atoms with Gasteiger partial charge in [0.15, 0.2) is 0 Å². The molecule has 3 aromatic carbocycles. The molecule has 0 saturated heterocycles. The molecule has 1 heterocycles. The zero-order valence-corrected chi connectivity index (χ0v) is 18.5. The van der Waals surface area contributed by atoms with E-state index in [4.69, 9.17) is 0 Å². The second-order valence-electron chi connectivity index (χ2n) is 7.98. The molecule has 0 aliphatic heterocycles. The smallest absolute Gasteiger partial charge is 0.0819 e. The largest absolute Gasteiger partial charge is 0.351 e. The maximum Gasteiger partial charge on any atom is 0.0819 e. The SMILES string of the molecule is CC(C)N(C(C)C)p1c(Nc2ccccc2)c(-c2ccccc2)c2ccccc21. The highest BCUT2D eigenvalue weighted by Gasteiger charge is 2.26. The standard InChI is InChI=1S/C26H29N2P/c1-19(2)28(20(3)4)29-24-18-12-11-17-23(24)25(21-13-7-5-8-14-21)26(29)27-22-15-9-6-10-16-22/h5-20,27H,1-4H3. The number of benzene rings is 3. The highest BCUT2D eigenvalue weighted by atomic mass is 31.1. The molecule has 1 unspecified atom stereocenters. The molecule has 0 aliphatic carbocycles. The second kappa shape index (κ2) is 8.45. The molecule has 0 saturated carbocycles. The van der Waals surface area contributed by atoms with E-state index < -0.39 is 7.68 Å². The Kier molecular flexibility index (Phi) is 5.76. The van der Waals surface area contributed by atoms with Gasteiger partial charge in [-0.1, -0.05) is 66.7 Å². The van der Waals surface area contributed by atoms with Crippen LogP contribution in [0.25, 0.3) is 21.6 Å². The first kappa shape index (κ1) is 19.8. The molecule has 1 atom stereocenters. The normalized spacial score (nSPS) is 12.3. The second-order valence-corrected chi connectivity index (χ2v) is 9.99. The van der Waals surface area contributed by atoms with Crippen molar-refractivity contribution < 1.29 is 0 Å². The van der Waals surface area contributed by atoms with Gasteiger partial charge in [-0.3, -0.25) is 4.67 Å². The van der Waals surface area contributed by atoms with Gasteiger partial charge in [0.25, 0.3) is 0 Å². The quantitative estimate of drug-likeness (QED) is 0.353. The van der Waals surface area contributed by atoms with E-state index in [-0.39, 0.29) is 0 Å². The summed E-state index contributed by atoms with van der Waals surface area (Å²) in [6.45, 7) is 9.24. The highest BCUT2D eigenvalue weighted by Crippen LogP contribution is 2.58. The summed E-state index contributed by atoms with van der Waals surface area (Å²) in [5, 5.41) is 6.65. The fraction of sp³-hybridized carbons (Fsp3) is 0.231. The van der Waals surface area contributed by atoms with Gasteiger partial charge in [0.2, 0.25) is 0 Å². The van der Waals surface area contributed by atoms with Crippen molar-refractivity contribution >= 4 is 29.3 Å². The van der Waals surface area contributed by atoms with Crippen LogP contribution in [0.5, 0.6) is 0 Å². The van der Waals surface area contributed by atoms with Crippen molar-refractivity contribution in [3.63, 3.8) is 0 Å². The number of anilines is 2. The minimum absolute atomic E-state index is 0.455. The van der Waals surface area contributed by atoms with Gasteiger partial charge in [0.05, 0.1) is 5.42 Å². The average Bonchev–Trinajstić information content (AvgIpc) is 3.03. The van der Waals surface area contributed by atoms with Crippen molar-refractivity contribution in [3.05, 3.63) is 84.9 Å². The summed E-state index contributed by atoms with van der Waals surface area (Å²) in [6.07, 6.45) is 0. The van der Waals surface area contributed by atoms with Crippen LogP contribution in [-0.2, 0) is 0 Å². The van der Waals surface area contributed by atoms with Gasteiger partial charge < -0.3 is 5.32 Å². The lowest BCUT2D eigenvalue weighted by molar-refractivity contribution is 0.651. The number of fused-ring (bicyclic) bond motifs is 1. The van der Waals surface area contributed by atoms with E-state index in [1.165, 1.54) is 27.1 Å². The molecular formula is C26H29N2P. The number of nitrogens with zero attached hydrogens (tertiary/aromatic N) is 1. The lowest BCUT2D eigenvalue weighted by Gasteiger charge is -2.32. The lowest BCUT2D eigenvalue weighted by atomic mass is 10.0. The van der Waals surface area contributed by atoms with Crippen LogP contribution in [0.2, 0.25) is 0 Å². The Bertz CT molecular complexity index is 1070. The van der Waals surface area contributed by atoms with E-state index in [1.54, 1.807) is 0 Å². The van der Waals surface area contributed by atoms with Crippen molar-refractivity contribution in [2.24, 2.45) is 0 Å². The molecule has 1 aromatic heterocycles. The number of rotatable bonds is 6. The van der Waals surface area contributed by atoms with Crippen molar-refractivity contribution in [1.29, 1.82) is 0 Å². The van der Waals surface area contributed by atoms with Gasteiger partial charge in [-0.05, 0) is 64.5 Å². The van der Waals surface area contributed by atoms with Crippen LogP contribution >= 0.6 is 7.68 Å². The van der Waals surface area contributed by atoms with Gasteiger partial charge in [-0.25, -0.2) is 0 Å². The highest BCUT2D eigenvalue weighted by molar-refractivity contribution is 7.61. The summed E-state index contributed by atoms with van der Waals surface area (Å²) in [5.41, 5.74) is 5.09. The number of hydrogen-bond acceptors (Lipinski definition) is 2. The molecular weight excluding hydrogens is 371 g/mol. The molecule has 0 bridgehead atoms. The summed E-state index contributed by atoms with van der Waals surface area (Å²) in [7, 11) is -0.651. The maximum absolute atomic E-state index is 3.84. The van der Waals surface area contributed by atoms with Gasteiger partial charge in [0.1, 0.15) is 0 Å². The molecule has 2 nitrogen and oxygen atoms in total. The topological polar surface area (TPSA) is 15.3 Å². The summed E-state index contributed by atoms with van der Waals surface area (Å²) in [4.78, 5) is 0. The number of para-hydroxylation sites is 1. The Morgan fingerprint density at radius 1 is 0.690 bits per heavy atom. The Morgan fingerprint density at radius 2 is 1.24 bits per heavy atom. The minimum atomic E-state index is -0.651. The average molecular weight is 401 g/mol. The third-order valence-electron chi connectivity index (χ3n) is 5.24. The molecule has 0 aliphatic rings. The van der Waals surface area contributed by atoms with Crippen LogP contribution in [0, 0.1) is 0 Å². The molecule has 0 fully saturated rings. The Morgan fingerprint density at radius 3 is 1.86 bits per heavy atom. The molecule has 3 heteroatoms. The predicted octanol–water partition coefficient (Wildman–Crippen LogP) is 7.99. The predicted molar refractivity (Wildman–Crippen MR) is 130 cm³/mol. The van der Waals surface area contributed by atoms with Crippen LogP contribution in [0.1, 0.15) is 27.7 Å². The number of hydrogen-bond donors (Lipinski definition) is 1. The third kappa shape index (κ3) is 3.83. The maximum atomic E-state index is 3.84. The zero-order chi connectivity index (χ0) is 20.4. The van der Waals surface area contributed by atoms with Crippen LogP contribution < -0.4 is 9.99 Å². The molecule has 4 rings (SSSR count). The summed E-state index contributed by atoms with van der Waals surface area (Å²) in [5.74, 6) is 0. The monoisotopic (exact) mass is 400 g/mol. The van der Waals surface area contributed by atoms with Crippen LogP contribution in [-0.4, -0.2) is 12.1 Å². The summed E-state index contributed by atoms with van der Waals surface area (Å²) < 4.78 is 2.68. The van der Waals surface area contributed by atoms with Crippen molar-refractivity contribution in [2.45, 2.75) is 39.8 Å². The van der Waals surface area contributed by atoms with E-state index in [0.29, 0.717) is 12.1 Å². The third-order valence-corrected chi connectivity index (χ3v) is 8.23. The Balaban J connectivity index is 2.06. The molecule has 0 amide bonds. The van der Waals surface area contributed by atoms with Gasteiger partial charge in [-0.2, -0.15) is 0 Å². The van der Waals surface area contributed by atoms with E-state index >= 15 is 0 Å². The fourth-order valence-electron chi connectivity index (χ4n) is 4.19. The van der Waals surface area contributed by atoms with E-state index in [1.807, 2.05) is 0 Å². The van der Waals surface area contributed by atoms with Gasteiger partial charge >= 0.3 is 0 Å². The minimum Gasteiger partial charge on any atom is -0.351 e. The molecule has 0 spiro atoms. The molecule has 29 heavy (non-hydrogen) atoms. The van der Waals surface area contributed by atoms with Gasteiger partial charge in [0, 0.05) is 28.5 Å². The number of nitrogens with one attached hydrogen (secondary N) is 1. The first-order valence-electron chi connectivity index (χ1n) is 10.4. The van der Waals surface area contributed by atoms with Crippen LogP contribution in [0.3, 0.4) is 0 Å². The van der Waals surface area contributed by atoms with Gasteiger partial charge in [-0.15, -0.1) is 0 Å².